The molecule has 0 bridgehead atoms. The van der Waals surface area contributed by atoms with Gasteiger partial charge >= 0.3 is 5.63 Å². The van der Waals surface area contributed by atoms with Gasteiger partial charge in [0.25, 0.3) is 0 Å². The maximum Gasteiger partial charge on any atom is 0.347 e. The molecule has 0 amide bonds. The summed E-state index contributed by atoms with van der Waals surface area (Å²) >= 11 is 0. The van der Waals surface area contributed by atoms with Crippen LogP contribution in [0.25, 0.3) is 21.9 Å². The predicted octanol–water partition coefficient (Wildman–Crippen LogP) is 1.32. The zero-order valence-corrected chi connectivity index (χ0v) is 8.18. The molecule has 0 atom stereocenters. The normalized spacial score (nSPS) is 11.0. The summed E-state index contributed by atoms with van der Waals surface area (Å²) in [6.07, 6.45) is 1.38. The van der Waals surface area contributed by atoms with Gasteiger partial charge in [-0.3, -0.25) is 0 Å². The molecule has 3 rings (SSSR count). The summed E-state index contributed by atoms with van der Waals surface area (Å²) in [6.45, 7) is 0. The van der Waals surface area contributed by atoms with E-state index in [0.29, 0.717) is 16.5 Å². The van der Waals surface area contributed by atoms with Gasteiger partial charge < -0.3 is 10.2 Å². The lowest BCUT2D eigenvalue weighted by molar-refractivity contribution is 0.569. The number of para-hydroxylation sites is 1. The summed E-state index contributed by atoms with van der Waals surface area (Å²) in [7, 11) is 0. The second-order valence-corrected chi connectivity index (χ2v) is 3.38. The van der Waals surface area contributed by atoms with Crippen LogP contribution in [0.2, 0.25) is 0 Å². The van der Waals surface area contributed by atoms with Crippen LogP contribution in [-0.4, -0.2) is 9.97 Å². The molecule has 0 saturated heterocycles. The van der Waals surface area contributed by atoms with Gasteiger partial charge in [0.05, 0.1) is 5.52 Å². The number of nitrogen functional groups attached to an aromatic ring is 1. The van der Waals surface area contributed by atoms with Crippen LogP contribution in [0.15, 0.2) is 39.7 Å². The highest BCUT2D eigenvalue weighted by atomic mass is 16.4. The van der Waals surface area contributed by atoms with E-state index in [2.05, 4.69) is 9.97 Å². The molecule has 0 radical (unpaired) electrons. The summed E-state index contributed by atoms with van der Waals surface area (Å²) in [4.78, 5) is 19.5. The Morgan fingerprint density at radius 3 is 2.88 bits per heavy atom. The largest absolute Gasteiger partial charge is 0.422 e. The lowest BCUT2D eigenvalue weighted by Crippen LogP contribution is -2.04. The van der Waals surface area contributed by atoms with Crippen LogP contribution in [0.5, 0.6) is 0 Å². The summed E-state index contributed by atoms with van der Waals surface area (Å²) < 4.78 is 5.14. The second-order valence-electron chi connectivity index (χ2n) is 3.38. The van der Waals surface area contributed by atoms with Crippen molar-refractivity contribution >= 4 is 27.8 Å². The molecular weight excluding hydrogens is 206 g/mol. The van der Waals surface area contributed by atoms with Crippen LogP contribution in [-0.2, 0) is 0 Å². The molecule has 0 aliphatic heterocycles. The van der Waals surface area contributed by atoms with Crippen LogP contribution in [0.4, 0.5) is 5.95 Å². The summed E-state index contributed by atoms with van der Waals surface area (Å²) in [5.74, 6) is 0.142. The standard InChI is InChI=1S/C11H7N3O2/c12-11-13-5-7-9(14-11)6-3-1-2-4-8(6)16-10(7)15/h1-5H,(H2,12,13,14). The highest BCUT2D eigenvalue weighted by Crippen LogP contribution is 2.20. The Bertz CT molecular complexity index is 749. The number of nitrogens with two attached hydrogens (primary N) is 1. The lowest BCUT2D eigenvalue weighted by Gasteiger charge is -2.00. The van der Waals surface area contributed by atoms with E-state index in [1.165, 1.54) is 6.20 Å². The highest BCUT2D eigenvalue weighted by molar-refractivity contribution is 6.01. The molecule has 5 heteroatoms. The van der Waals surface area contributed by atoms with E-state index in [4.69, 9.17) is 10.2 Å². The third-order valence-electron chi connectivity index (χ3n) is 2.37. The fraction of sp³-hybridized carbons (Fsp3) is 0. The maximum atomic E-state index is 11.6. The number of benzene rings is 1. The number of fused-ring (bicyclic) bond motifs is 3. The Hall–Kier alpha value is -2.43. The Kier molecular flexibility index (Phi) is 1.67. The topological polar surface area (TPSA) is 82.0 Å². The van der Waals surface area contributed by atoms with E-state index < -0.39 is 5.63 Å². The lowest BCUT2D eigenvalue weighted by atomic mass is 10.2. The second kappa shape index (κ2) is 3.03. The van der Waals surface area contributed by atoms with E-state index in [1.54, 1.807) is 12.1 Å². The van der Waals surface area contributed by atoms with Crippen molar-refractivity contribution in [3.05, 3.63) is 40.9 Å². The van der Waals surface area contributed by atoms with Crippen molar-refractivity contribution < 1.29 is 4.42 Å². The van der Waals surface area contributed by atoms with Gasteiger partial charge in [-0.05, 0) is 12.1 Å². The average molecular weight is 213 g/mol. The predicted molar refractivity (Wildman–Crippen MR) is 60.0 cm³/mol. The molecule has 2 N–H and O–H groups in total. The van der Waals surface area contributed by atoms with Crippen LogP contribution < -0.4 is 11.4 Å². The molecular formula is C11H7N3O2. The number of rotatable bonds is 0. The van der Waals surface area contributed by atoms with Crippen molar-refractivity contribution in [2.24, 2.45) is 0 Å². The van der Waals surface area contributed by atoms with E-state index in [9.17, 15) is 4.79 Å². The first-order valence-electron chi connectivity index (χ1n) is 4.70. The van der Waals surface area contributed by atoms with Gasteiger partial charge in [0, 0.05) is 11.6 Å². The number of hydrogen-bond acceptors (Lipinski definition) is 5. The van der Waals surface area contributed by atoms with Crippen LogP contribution in [0, 0.1) is 0 Å². The minimum atomic E-state index is -0.450. The van der Waals surface area contributed by atoms with Gasteiger partial charge in [-0.2, -0.15) is 0 Å². The van der Waals surface area contributed by atoms with Gasteiger partial charge in [-0.1, -0.05) is 12.1 Å². The number of aromatic nitrogens is 2. The first-order chi connectivity index (χ1) is 7.75. The molecule has 3 aromatic rings. The summed E-state index contributed by atoms with van der Waals surface area (Å²) in [5, 5.41) is 1.10. The van der Waals surface area contributed by atoms with Gasteiger partial charge in [-0.15, -0.1) is 0 Å². The van der Waals surface area contributed by atoms with Crippen molar-refractivity contribution in [1.29, 1.82) is 0 Å². The first kappa shape index (κ1) is 8.84. The molecule has 16 heavy (non-hydrogen) atoms. The zero-order valence-electron chi connectivity index (χ0n) is 8.18. The van der Waals surface area contributed by atoms with Gasteiger partial charge in [-0.25, -0.2) is 14.8 Å². The average Bonchev–Trinajstić information content (AvgIpc) is 2.29. The molecule has 2 heterocycles. The number of hydrogen-bond donors (Lipinski definition) is 1. The summed E-state index contributed by atoms with van der Waals surface area (Å²) in [5.41, 5.74) is 6.09. The Labute approximate surface area is 89.5 Å². The van der Waals surface area contributed by atoms with Crippen molar-refractivity contribution in [3.63, 3.8) is 0 Å². The molecule has 0 fully saturated rings. The highest BCUT2D eigenvalue weighted by Gasteiger charge is 2.08. The molecule has 2 aromatic heterocycles. The zero-order chi connectivity index (χ0) is 11.1. The van der Waals surface area contributed by atoms with Crippen LogP contribution in [0.3, 0.4) is 0 Å². The SMILES string of the molecule is Nc1ncc2c(=O)oc3ccccc3c2n1. The van der Waals surface area contributed by atoms with Crippen LogP contribution >= 0.6 is 0 Å². The van der Waals surface area contributed by atoms with Crippen molar-refractivity contribution in [3.8, 4) is 0 Å². The Balaban J connectivity index is 2.67. The molecule has 1 aromatic carbocycles. The van der Waals surface area contributed by atoms with E-state index in [-0.39, 0.29) is 5.95 Å². The Morgan fingerprint density at radius 2 is 2.00 bits per heavy atom. The van der Waals surface area contributed by atoms with Gasteiger partial charge in [0.2, 0.25) is 5.95 Å². The van der Waals surface area contributed by atoms with Crippen molar-refractivity contribution in [2.45, 2.75) is 0 Å². The minimum Gasteiger partial charge on any atom is -0.422 e. The molecule has 0 aliphatic carbocycles. The van der Waals surface area contributed by atoms with Crippen LogP contribution in [0.1, 0.15) is 0 Å². The number of anilines is 1. The first-order valence-corrected chi connectivity index (χ1v) is 4.70. The monoisotopic (exact) mass is 213 g/mol. The molecule has 5 nitrogen and oxygen atoms in total. The fourth-order valence-corrected chi connectivity index (χ4v) is 1.66. The molecule has 0 unspecified atom stereocenters. The van der Waals surface area contributed by atoms with E-state index >= 15 is 0 Å². The van der Waals surface area contributed by atoms with E-state index in [1.807, 2.05) is 12.1 Å². The fourth-order valence-electron chi connectivity index (χ4n) is 1.66. The quantitative estimate of drug-likeness (QED) is 0.449. The summed E-state index contributed by atoms with van der Waals surface area (Å²) in [6, 6.07) is 7.18. The molecule has 0 aliphatic rings. The molecule has 78 valence electrons. The third kappa shape index (κ3) is 1.15. The molecule has 0 saturated carbocycles. The van der Waals surface area contributed by atoms with Crippen molar-refractivity contribution in [2.75, 3.05) is 5.73 Å². The number of nitrogens with zero attached hydrogens (tertiary/aromatic N) is 2. The van der Waals surface area contributed by atoms with E-state index in [0.717, 1.165) is 5.39 Å². The van der Waals surface area contributed by atoms with Crippen molar-refractivity contribution in [1.82, 2.24) is 9.97 Å². The smallest absolute Gasteiger partial charge is 0.347 e. The van der Waals surface area contributed by atoms with Gasteiger partial charge in [0.1, 0.15) is 11.0 Å². The third-order valence-corrected chi connectivity index (χ3v) is 2.37. The maximum absolute atomic E-state index is 11.6. The Morgan fingerprint density at radius 1 is 1.19 bits per heavy atom. The minimum absolute atomic E-state index is 0.142. The van der Waals surface area contributed by atoms with Gasteiger partial charge in [0.15, 0.2) is 0 Å². The molecule has 0 spiro atoms.